The smallest absolute Gasteiger partial charge is 0.296 e. The van der Waals surface area contributed by atoms with Gasteiger partial charge in [-0.2, -0.15) is 0 Å². The van der Waals surface area contributed by atoms with E-state index in [-0.39, 0.29) is 0 Å². The molecule has 0 fully saturated rings. The van der Waals surface area contributed by atoms with Crippen LogP contribution in [0.3, 0.4) is 0 Å². The van der Waals surface area contributed by atoms with E-state index in [4.69, 9.17) is 0 Å². The Balaban J connectivity index is 1.79. The fourth-order valence-corrected chi connectivity index (χ4v) is 11.3. The molecule has 7 aromatic rings. The molecule has 0 unspecified atom stereocenters. The number of benzene rings is 7. The Morgan fingerprint density at radius 2 is 0.816 bits per heavy atom. The lowest BCUT2D eigenvalue weighted by atomic mass is 10.0. The standard InChI is InChI=1S/C35H25FSSi/c1-37-32-20-10-11-21-33(32)38(36,34-28-16-6-2-12-24(28)22-25-13-3-7-17-29(25)34)35-30-18-8-4-14-26(30)23-27-15-5-9-19-31(27)35/h2-23H,1H3. The highest BCUT2D eigenvalue weighted by molar-refractivity contribution is 7.98. The molecular formula is C35H25FSSi. The summed E-state index contributed by atoms with van der Waals surface area (Å²) in [5.41, 5.74) is 0. The van der Waals surface area contributed by atoms with Crippen molar-refractivity contribution in [2.45, 2.75) is 4.90 Å². The van der Waals surface area contributed by atoms with Gasteiger partial charge in [-0.3, -0.25) is 4.11 Å². The van der Waals surface area contributed by atoms with Crippen LogP contribution in [0.4, 0.5) is 4.11 Å². The van der Waals surface area contributed by atoms with Crippen LogP contribution >= 0.6 is 11.8 Å². The quantitative estimate of drug-likeness (QED) is 0.0740. The van der Waals surface area contributed by atoms with Gasteiger partial charge in [0.1, 0.15) is 0 Å². The van der Waals surface area contributed by atoms with Gasteiger partial charge in [-0.15, -0.1) is 11.8 Å². The third kappa shape index (κ3) is 3.43. The minimum absolute atomic E-state index is 0.815. The first-order valence-electron chi connectivity index (χ1n) is 12.8. The highest BCUT2D eigenvalue weighted by atomic mass is 32.2. The van der Waals surface area contributed by atoms with Crippen LogP contribution in [0, 0.1) is 0 Å². The predicted molar refractivity (Wildman–Crippen MR) is 167 cm³/mol. The van der Waals surface area contributed by atoms with E-state index < -0.39 is 8.41 Å². The maximum absolute atomic E-state index is 19.5. The van der Waals surface area contributed by atoms with Crippen LogP contribution in [0.5, 0.6) is 0 Å². The molecule has 0 aliphatic rings. The molecule has 0 N–H and O–H groups in total. The van der Waals surface area contributed by atoms with Gasteiger partial charge in [-0.25, -0.2) is 0 Å². The van der Waals surface area contributed by atoms with Gasteiger partial charge in [-0.05, 0) is 83.1 Å². The molecule has 7 aromatic carbocycles. The average molecular weight is 525 g/mol. The second-order valence-electron chi connectivity index (χ2n) is 9.75. The highest BCUT2D eigenvalue weighted by Crippen LogP contribution is 2.31. The van der Waals surface area contributed by atoms with Crippen molar-refractivity contribution in [2.75, 3.05) is 6.26 Å². The Morgan fingerprint density at radius 3 is 1.21 bits per heavy atom. The highest BCUT2D eigenvalue weighted by Gasteiger charge is 2.47. The Morgan fingerprint density at radius 1 is 0.474 bits per heavy atom. The Labute approximate surface area is 226 Å². The van der Waals surface area contributed by atoms with E-state index in [1.165, 1.54) is 0 Å². The zero-order chi connectivity index (χ0) is 25.7. The fraction of sp³-hybridized carbons (Fsp3) is 0.0286. The van der Waals surface area contributed by atoms with E-state index in [0.717, 1.165) is 63.5 Å². The lowest BCUT2D eigenvalue weighted by molar-refractivity contribution is 0.843. The van der Waals surface area contributed by atoms with Gasteiger partial charge in [0.15, 0.2) is 0 Å². The molecule has 38 heavy (non-hydrogen) atoms. The summed E-state index contributed by atoms with van der Waals surface area (Å²) in [6, 6.07) is 45.7. The predicted octanol–water partition coefficient (Wildman–Crippen LogP) is 7.96. The van der Waals surface area contributed by atoms with E-state index in [0.29, 0.717) is 0 Å². The van der Waals surface area contributed by atoms with E-state index in [9.17, 15) is 0 Å². The van der Waals surface area contributed by atoms with Gasteiger partial charge in [0, 0.05) is 4.90 Å². The Kier molecular flexibility index (Phi) is 5.57. The first kappa shape index (κ1) is 23.2. The topological polar surface area (TPSA) is 0 Å². The van der Waals surface area contributed by atoms with Crippen LogP contribution in [-0.4, -0.2) is 14.7 Å². The lowest BCUT2D eigenvalue weighted by Gasteiger charge is -2.31. The minimum atomic E-state index is -4.12. The number of halogens is 1. The van der Waals surface area contributed by atoms with Crippen molar-refractivity contribution in [3.8, 4) is 0 Å². The van der Waals surface area contributed by atoms with Crippen molar-refractivity contribution >= 4 is 78.8 Å². The molecule has 182 valence electrons. The largest absolute Gasteiger partial charge is 0.342 e. The second kappa shape index (κ2) is 9.12. The first-order valence-corrected chi connectivity index (χ1v) is 15.9. The van der Waals surface area contributed by atoms with Crippen molar-refractivity contribution in [1.82, 2.24) is 0 Å². The maximum atomic E-state index is 19.5. The van der Waals surface area contributed by atoms with Gasteiger partial charge in [-0.1, -0.05) is 115 Å². The minimum Gasteiger partial charge on any atom is -0.296 e. The van der Waals surface area contributed by atoms with Gasteiger partial charge in [0.2, 0.25) is 0 Å². The summed E-state index contributed by atoms with van der Waals surface area (Å²) in [5.74, 6) is 0. The molecule has 3 heteroatoms. The zero-order valence-electron chi connectivity index (χ0n) is 21.0. The SMILES string of the molecule is CSc1ccccc1[Si](F)(c1c2ccccc2cc2ccccc12)c1c2ccccc2cc2ccccc12. The lowest BCUT2D eigenvalue weighted by Crippen LogP contribution is -2.65. The summed E-state index contributed by atoms with van der Waals surface area (Å²) in [7, 11) is -4.12. The van der Waals surface area contributed by atoms with Crippen LogP contribution in [-0.2, 0) is 0 Å². The average Bonchev–Trinajstić information content (AvgIpc) is 2.98. The van der Waals surface area contributed by atoms with Gasteiger partial charge < -0.3 is 0 Å². The number of rotatable bonds is 4. The summed E-state index contributed by atoms with van der Waals surface area (Å²) < 4.78 is 19.5. The van der Waals surface area contributed by atoms with E-state index in [1.807, 2.05) is 66.7 Å². The molecule has 0 amide bonds. The zero-order valence-corrected chi connectivity index (χ0v) is 22.8. The van der Waals surface area contributed by atoms with Crippen LogP contribution < -0.4 is 15.6 Å². The van der Waals surface area contributed by atoms with Crippen molar-refractivity contribution in [2.24, 2.45) is 0 Å². The number of thioether (sulfide) groups is 1. The van der Waals surface area contributed by atoms with Crippen molar-refractivity contribution in [3.63, 3.8) is 0 Å². The number of hydrogen-bond acceptors (Lipinski definition) is 1. The van der Waals surface area contributed by atoms with Crippen molar-refractivity contribution in [3.05, 3.63) is 133 Å². The third-order valence-corrected chi connectivity index (χ3v) is 12.3. The van der Waals surface area contributed by atoms with Crippen molar-refractivity contribution < 1.29 is 4.11 Å². The molecule has 0 bridgehead atoms. The normalized spacial score (nSPS) is 12.1. The van der Waals surface area contributed by atoms with E-state index in [1.54, 1.807) is 11.8 Å². The second-order valence-corrected chi connectivity index (χ2v) is 13.5. The molecule has 0 aliphatic carbocycles. The molecule has 0 aliphatic heterocycles. The molecule has 0 aromatic heterocycles. The first-order chi connectivity index (χ1) is 18.7. The monoisotopic (exact) mass is 524 g/mol. The molecule has 0 saturated heterocycles. The van der Waals surface area contributed by atoms with E-state index >= 15 is 4.11 Å². The molecule has 7 rings (SSSR count). The summed E-state index contributed by atoms with van der Waals surface area (Å²) in [5, 5.41) is 10.8. The summed E-state index contributed by atoms with van der Waals surface area (Å²) >= 11 is 1.63. The van der Waals surface area contributed by atoms with Gasteiger partial charge in [0.25, 0.3) is 0 Å². The summed E-state index contributed by atoms with van der Waals surface area (Å²) in [6.07, 6.45) is 2.05. The number of hydrogen-bond donors (Lipinski definition) is 0. The van der Waals surface area contributed by atoms with Crippen molar-refractivity contribution in [1.29, 1.82) is 0 Å². The van der Waals surface area contributed by atoms with Crippen LogP contribution in [0.15, 0.2) is 138 Å². The molecule has 0 saturated carbocycles. The molecular weight excluding hydrogens is 500 g/mol. The van der Waals surface area contributed by atoms with E-state index in [2.05, 4.69) is 73.0 Å². The summed E-state index contributed by atoms with van der Waals surface area (Å²) in [4.78, 5) is 0.996. The fourth-order valence-electron chi connectivity index (χ4n) is 6.09. The molecule has 0 spiro atoms. The van der Waals surface area contributed by atoms with Crippen LogP contribution in [0.1, 0.15) is 0 Å². The molecule has 0 nitrogen and oxygen atoms in total. The van der Waals surface area contributed by atoms with Gasteiger partial charge >= 0.3 is 8.41 Å². The molecule has 0 radical (unpaired) electrons. The maximum Gasteiger partial charge on any atom is 0.342 e. The summed E-state index contributed by atoms with van der Waals surface area (Å²) in [6.45, 7) is 0. The number of fused-ring (bicyclic) bond motifs is 4. The molecule has 0 heterocycles. The van der Waals surface area contributed by atoms with Crippen LogP contribution in [0.25, 0.3) is 43.1 Å². The van der Waals surface area contributed by atoms with Crippen LogP contribution in [0.2, 0.25) is 0 Å². The Hall–Kier alpha value is -3.92. The third-order valence-electron chi connectivity index (χ3n) is 7.71. The Bertz CT molecular complexity index is 1770. The van der Waals surface area contributed by atoms with Gasteiger partial charge in [0.05, 0.1) is 0 Å². The molecule has 0 atom stereocenters.